The molecular formula is C14H16NO4-. The van der Waals surface area contributed by atoms with E-state index in [0.29, 0.717) is 11.4 Å². The van der Waals surface area contributed by atoms with E-state index in [1.54, 1.807) is 12.1 Å². The maximum atomic E-state index is 11.8. The lowest BCUT2D eigenvalue weighted by Gasteiger charge is -2.31. The van der Waals surface area contributed by atoms with Gasteiger partial charge in [0.05, 0.1) is 18.2 Å². The van der Waals surface area contributed by atoms with Crippen molar-refractivity contribution in [3.8, 4) is 5.75 Å². The van der Waals surface area contributed by atoms with E-state index in [0.717, 1.165) is 5.56 Å². The van der Waals surface area contributed by atoms with Crippen molar-refractivity contribution >= 4 is 17.6 Å². The highest BCUT2D eigenvalue weighted by molar-refractivity contribution is 6.01. The number of carbonyl (C=O) groups is 2. The summed E-state index contributed by atoms with van der Waals surface area (Å²) in [6.07, 6.45) is 0. The number of carbonyl (C=O) groups excluding carboxylic acids is 2. The Hall–Kier alpha value is -2.04. The molecule has 1 heterocycles. The number of fused-ring (bicyclic) bond motifs is 1. The SMILES string of the molecule is CC(C)(C)c1ccc2c(c1)N(CC(=O)[O-])C(=O)CO2. The van der Waals surface area contributed by atoms with E-state index in [1.165, 1.54) is 4.90 Å². The van der Waals surface area contributed by atoms with Gasteiger partial charge in [0.1, 0.15) is 5.75 Å². The molecular weight excluding hydrogens is 246 g/mol. The molecule has 0 N–H and O–H groups in total. The summed E-state index contributed by atoms with van der Waals surface area (Å²) < 4.78 is 5.31. The van der Waals surface area contributed by atoms with Gasteiger partial charge >= 0.3 is 0 Å². The van der Waals surface area contributed by atoms with Gasteiger partial charge < -0.3 is 19.5 Å². The molecule has 0 saturated heterocycles. The lowest BCUT2D eigenvalue weighted by atomic mass is 9.86. The van der Waals surface area contributed by atoms with Crippen molar-refractivity contribution in [2.24, 2.45) is 0 Å². The average molecular weight is 262 g/mol. The molecule has 0 saturated carbocycles. The first-order valence-corrected chi connectivity index (χ1v) is 6.06. The number of hydrogen-bond donors (Lipinski definition) is 0. The summed E-state index contributed by atoms with van der Waals surface area (Å²) in [4.78, 5) is 23.7. The standard InChI is InChI=1S/C14H17NO4/c1-14(2,3)9-4-5-11-10(6-9)15(7-13(17)18)12(16)8-19-11/h4-6H,7-8H2,1-3H3,(H,17,18)/p-1. The van der Waals surface area contributed by atoms with Crippen molar-refractivity contribution in [3.05, 3.63) is 23.8 Å². The van der Waals surface area contributed by atoms with Crippen LogP contribution in [0.15, 0.2) is 18.2 Å². The Bertz CT molecular complexity index is 531. The third kappa shape index (κ3) is 2.70. The van der Waals surface area contributed by atoms with Gasteiger partial charge in [0.2, 0.25) is 0 Å². The minimum atomic E-state index is -1.29. The van der Waals surface area contributed by atoms with Crippen LogP contribution in [0.5, 0.6) is 5.75 Å². The van der Waals surface area contributed by atoms with Crippen LogP contribution < -0.4 is 14.7 Å². The van der Waals surface area contributed by atoms with Gasteiger partial charge in [-0.1, -0.05) is 26.8 Å². The minimum Gasteiger partial charge on any atom is -0.548 e. The van der Waals surface area contributed by atoms with Crippen molar-refractivity contribution in [1.82, 2.24) is 0 Å². The predicted octanol–water partition coefficient (Wildman–Crippen LogP) is 0.459. The molecule has 0 unspecified atom stereocenters. The van der Waals surface area contributed by atoms with Crippen LogP contribution in [0.4, 0.5) is 5.69 Å². The van der Waals surface area contributed by atoms with Gasteiger partial charge in [-0.15, -0.1) is 0 Å². The first-order valence-electron chi connectivity index (χ1n) is 6.06. The lowest BCUT2D eigenvalue weighted by Crippen LogP contribution is -2.45. The lowest BCUT2D eigenvalue weighted by molar-refractivity contribution is -0.303. The molecule has 1 amide bonds. The number of ether oxygens (including phenoxy) is 1. The topological polar surface area (TPSA) is 69.7 Å². The largest absolute Gasteiger partial charge is 0.548 e. The zero-order chi connectivity index (χ0) is 14.2. The number of carboxylic acids is 1. The molecule has 2 rings (SSSR count). The molecule has 0 spiro atoms. The van der Waals surface area contributed by atoms with Gasteiger partial charge in [-0.05, 0) is 23.1 Å². The number of carboxylic acid groups (broad SMARTS) is 1. The fourth-order valence-electron chi connectivity index (χ4n) is 1.97. The second-order valence-corrected chi connectivity index (χ2v) is 5.57. The van der Waals surface area contributed by atoms with E-state index >= 15 is 0 Å². The van der Waals surface area contributed by atoms with Gasteiger partial charge in [0.15, 0.2) is 6.61 Å². The molecule has 0 fully saturated rings. The Kier molecular flexibility index (Phi) is 3.22. The average Bonchev–Trinajstić information content (AvgIpc) is 2.30. The van der Waals surface area contributed by atoms with Crippen molar-refractivity contribution in [3.63, 3.8) is 0 Å². The number of nitrogens with zero attached hydrogens (tertiary/aromatic N) is 1. The maximum Gasteiger partial charge on any atom is 0.265 e. The summed E-state index contributed by atoms with van der Waals surface area (Å²) in [5, 5.41) is 10.8. The van der Waals surface area contributed by atoms with Crippen LogP contribution in [0, 0.1) is 0 Å². The van der Waals surface area contributed by atoms with Crippen molar-refractivity contribution < 1.29 is 19.4 Å². The van der Waals surface area contributed by atoms with Crippen LogP contribution in [0.1, 0.15) is 26.3 Å². The molecule has 1 aromatic carbocycles. The summed E-state index contributed by atoms with van der Waals surface area (Å²) in [5.74, 6) is -1.14. The normalized spacial score (nSPS) is 14.9. The minimum absolute atomic E-state index is 0.0946. The van der Waals surface area contributed by atoms with E-state index in [4.69, 9.17) is 4.74 Å². The molecule has 102 valence electrons. The molecule has 1 aromatic rings. The summed E-state index contributed by atoms with van der Waals surface area (Å²) >= 11 is 0. The van der Waals surface area contributed by atoms with E-state index < -0.39 is 12.5 Å². The van der Waals surface area contributed by atoms with E-state index in [2.05, 4.69) is 0 Å². The number of amides is 1. The monoisotopic (exact) mass is 262 g/mol. The molecule has 0 atom stereocenters. The highest BCUT2D eigenvalue weighted by Gasteiger charge is 2.27. The molecule has 0 aromatic heterocycles. The highest BCUT2D eigenvalue weighted by atomic mass is 16.5. The summed E-state index contributed by atoms with van der Waals surface area (Å²) in [6.45, 7) is 5.54. The molecule has 19 heavy (non-hydrogen) atoms. The van der Waals surface area contributed by atoms with Crippen LogP contribution in [0.3, 0.4) is 0 Å². The molecule has 5 nitrogen and oxygen atoms in total. The number of aliphatic carboxylic acids is 1. The summed E-state index contributed by atoms with van der Waals surface area (Å²) in [7, 11) is 0. The molecule has 1 aliphatic heterocycles. The Balaban J connectivity index is 2.47. The molecule has 5 heteroatoms. The van der Waals surface area contributed by atoms with Crippen LogP contribution in [-0.4, -0.2) is 25.0 Å². The third-order valence-corrected chi connectivity index (χ3v) is 3.06. The smallest absolute Gasteiger partial charge is 0.265 e. The number of rotatable bonds is 2. The van der Waals surface area contributed by atoms with Crippen molar-refractivity contribution in [2.75, 3.05) is 18.1 Å². The van der Waals surface area contributed by atoms with E-state index in [9.17, 15) is 14.7 Å². The van der Waals surface area contributed by atoms with Crippen LogP contribution in [0.25, 0.3) is 0 Å². The van der Waals surface area contributed by atoms with Gasteiger partial charge in [-0.25, -0.2) is 0 Å². The van der Waals surface area contributed by atoms with Crippen LogP contribution >= 0.6 is 0 Å². The molecule has 0 bridgehead atoms. The highest BCUT2D eigenvalue weighted by Crippen LogP contribution is 2.36. The van der Waals surface area contributed by atoms with Crippen molar-refractivity contribution in [2.45, 2.75) is 26.2 Å². The van der Waals surface area contributed by atoms with E-state index in [-0.39, 0.29) is 17.9 Å². The second-order valence-electron chi connectivity index (χ2n) is 5.57. The fraction of sp³-hybridized carbons (Fsp3) is 0.429. The number of anilines is 1. The Morgan fingerprint density at radius 2 is 2.11 bits per heavy atom. The summed E-state index contributed by atoms with van der Waals surface area (Å²) in [6, 6.07) is 5.49. The second kappa shape index (κ2) is 4.57. The fourth-order valence-corrected chi connectivity index (χ4v) is 1.97. The number of benzene rings is 1. The summed E-state index contributed by atoms with van der Waals surface area (Å²) in [5.41, 5.74) is 1.41. The Labute approximate surface area is 111 Å². The van der Waals surface area contributed by atoms with Crippen LogP contribution in [-0.2, 0) is 15.0 Å². The zero-order valence-electron chi connectivity index (χ0n) is 11.2. The Morgan fingerprint density at radius 1 is 1.42 bits per heavy atom. The van der Waals surface area contributed by atoms with E-state index in [1.807, 2.05) is 26.8 Å². The predicted molar refractivity (Wildman–Crippen MR) is 68.0 cm³/mol. The first kappa shape index (κ1) is 13.4. The van der Waals surface area contributed by atoms with Gasteiger partial charge in [-0.2, -0.15) is 0 Å². The molecule has 0 aliphatic carbocycles. The zero-order valence-corrected chi connectivity index (χ0v) is 11.2. The molecule has 1 aliphatic rings. The van der Waals surface area contributed by atoms with Gasteiger partial charge in [0, 0.05) is 0 Å². The van der Waals surface area contributed by atoms with Crippen molar-refractivity contribution in [1.29, 1.82) is 0 Å². The van der Waals surface area contributed by atoms with Gasteiger partial charge in [0.25, 0.3) is 5.91 Å². The Morgan fingerprint density at radius 3 is 2.68 bits per heavy atom. The maximum absolute atomic E-state index is 11.8. The van der Waals surface area contributed by atoms with Crippen LogP contribution in [0.2, 0.25) is 0 Å². The van der Waals surface area contributed by atoms with Gasteiger partial charge in [-0.3, -0.25) is 4.79 Å². The quantitative estimate of drug-likeness (QED) is 0.776. The number of hydrogen-bond acceptors (Lipinski definition) is 4. The third-order valence-electron chi connectivity index (χ3n) is 3.06. The first-order chi connectivity index (χ1) is 8.79. The molecule has 0 radical (unpaired) electrons.